The molecule has 1 fully saturated rings. The Morgan fingerprint density at radius 2 is 1.79 bits per heavy atom. The second-order valence-corrected chi connectivity index (χ2v) is 6.60. The summed E-state index contributed by atoms with van der Waals surface area (Å²) in [6.07, 6.45) is -8.36. The molecule has 1 atom stereocenters. The smallest absolute Gasteiger partial charge is 0.376 e. The Labute approximate surface area is 163 Å². The van der Waals surface area contributed by atoms with E-state index < -0.39 is 29.2 Å². The first kappa shape index (κ1) is 22.2. The summed E-state index contributed by atoms with van der Waals surface area (Å²) in [5.41, 5.74) is -3.30. The van der Waals surface area contributed by atoms with Crippen LogP contribution in [0.2, 0.25) is 0 Å². The molecule has 0 bridgehead atoms. The molecule has 0 unspecified atom stereocenters. The van der Waals surface area contributed by atoms with Crippen LogP contribution in [-0.4, -0.2) is 35.8 Å². The molecule has 1 aromatic rings. The first-order valence-corrected chi connectivity index (χ1v) is 8.75. The minimum absolute atomic E-state index is 0.0496. The Hall–Kier alpha value is -2.06. The number of nitrogens with one attached hydrogen (secondary N) is 1. The number of hydrogen-bond donors (Lipinski definition) is 1. The highest BCUT2D eigenvalue weighted by Crippen LogP contribution is 2.37. The molecular formula is C17H17F6N3OS. The van der Waals surface area contributed by atoms with E-state index in [-0.39, 0.29) is 30.2 Å². The average molecular weight is 425 g/mol. The van der Waals surface area contributed by atoms with E-state index in [1.54, 1.807) is 0 Å². The largest absolute Gasteiger partial charge is 0.416 e. The number of halogens is 6. The maximum absolute atomic E-state index is 13.0. The lowest BCUT2D eigenvalue weighted by Gasteiger charge is -2.28. The van der Waals surface area contributed by atoms with Gasteiger partial charge in [0.2, 0.25) is 0 Å². The third-order valence-corrected chi connectivity index (χ3v) is 4.43. The number of anilines is 1. The molecule has 11 heteroatoms. The SMILES string of the molecule is N#CCCN(C[C@H]1CCCO1)C(=S)Nc1cc(C(F)(F)F)cc(C(F)(F)F)c1. The highest BCUT2D eigenvalue weighted by molar-refractivity contribution is 7.80. The van der Waals surface area contributed by atoms with Crippen molar-refractivity contribution in [3.05, 3.63) is 29.3 Å². The highest BCUT2D eigenvalue weighted by atomic mass is 32.1. The lowest BCUT2D eigenvalue weighted by Crippen LogP contribution is -2.40. The zero-order chi connectivity index (χ0) is 20.9. The van der Waals surface area contributed by atoms with Crippen LogP contribution in [0.25, 0.3) is 0 Å². The van der Waals surface area contributed by atoms with Crippen LogP contribution in [-0.2, 0) is 17.1 Å². The van der Waals surface area contributed by atoms with Gasteiger partial charge in [0.05, 0.1) is 29.7 Å². The van der Waals surface area contributed by atoms with Crippen molar-refractivity contribution in [1.29, 1.82) is 5.26 Å². The van der Waals surface area contributed by atoms with Gasteiger partial charge in [-0.3, -0.25) is 0 Å². The van der Waals surface area contributed by atoms with E-state index in [9.17, 15) is 26.3 Å². The fourth-order valence-corrected chi connectivity index (χ4v) is 3.01. The summed E-state index contributed by atoms with van der Waals surface area (Å²) in [6, 6.07) is 3.11. The van der Waals surface area contributed by atoms with Crippen LogP contribution in [0.15, 0.2) is 18.2 Å². The van der Waals surface area contributed by atoms with Crippen molar-refractivity contribution in [2.75, 3.05) is 25.0 Å². The third kappa shape index (κ3) is 6.24. The van der Waals surface area contributed by atoms with Crippen molar-refractivity contribution < 1.29 is 31.1 Å². The quantitative estimate of drug-likeness (QED) is 0.542. The third-order valence-electron chi connectivity index (χ3n) is 4.07. The van der Waals surface area contributed by atoms with Crippen LogP contribution >= 0.6 is 12.2 Å². The van der Waals surface area contributed by atoms with Crippen LogP contribution in [0, 0.1) is 11.3 Å². The van der Waals surface area contributed by atoms with Gasteiger partial charge in [0.15, 0.2) is 5.11 Å². The Balaban J connectivity index is 2.24. The zero-order valence-electron chi connectivity index (χ0n) is 14.5. The molecule has 0 aliphatic carbocycles. The predicted octanol–water partition coefficient (Wildman–Crippen LogP) is 4.82. The number of benzene rings is 1. The van der Waals surface area contributed by atoms with Gasteiger partial charge in [-0.15, -0.1) is 0 Å². The Morgan fingerprint density at radius 3 is 2.25 bits per heavy atom. The van der Waals surface area contributed by atoms with E-state index in [4.69, 9.17) is 22.2 Å². The first-order valence-electron chi connectivity index (χ1n) is 8.34. The maximum Gasteiger partial charge on any atom is 0.416 e. The summed E-state index contributed by atoms with van der Waals surface area (Å²) in [5, 5.41) is 11.1. The molecule has 0 amide bonds. The molecule has 1 aliphatic heterocycles. The van der Waals surface area contributed by atoms with Crippen molar-refractivity contribution in [1.82, 2.24) is 4.90 Å². The Kier molecular flexibility index (Phi) is 7.11. The number of alkyl halides is 6. The van der Waals surface area contributed by atoms with E-state index in [0.717, 1.165) is 12.8 Å². The zero-order valence-corrected chi connectivity index (χ0v) is 15.3. The summed E-state index contributed by atoms with van der Waals surface area (Å²) in [4.78, 5) is 1.52. The molecule has 28 heavy (non-hydrogen) atoms. The van der Waals surface area contributed by atoms with E-state index >= 15 is 0 Å². The van der Waals surface area contributed by atoms with E-state index in [2.05, 4.69) is 5.32 Å². The minimum Gasteiger partial charge on any atom is -0.376 e. The maximum atomic E-state index is 13.0. The number of rotatable bonds is 5. The highest BCUT2D eigenvalue weighted by Gasteiger charge is 2.37. The monoisotopic (exact) mass is 425 g/mol. The van der Waals surface area contributed by atoms with Gasteiger partial charge < -0.3 is 15.0 Å². The van der Waals surface area contributed by atoms with Gasteiger partial charge in [0.1, 0.15) is 0 Å². The van der Waals surface area contributed by atoms with E-state index in [1.807, 2.05) is 6.07 Å². The summed E-state index contributed by atoms with van der Waals surface area (Å²) in [7, 11) is 0. The van der Waals surface area contributed by atoms with Gasteiger partial charge in [0.25, 0.3) is 0 Å². The van der Waals surface area contributed by atoms with E-state index in [0.29, 0.717) is 25.3 Å². The molecule has 0 saturated carbocycles. The van der Waals surface area contributed by atoms with Gasteiger partial charge in [-0.2, -0.15) is 31.6 Å². The standard InChI is InChI=1S/C17H17F6N3OS/c18-16(19,20)11-7-12(17(21,22)23)9-13(8-11)25-15(28)26(5-2-4-24)10-14-3-1-6-27-14/h7-9,14H,1-3,5-6,10H2,(H,25,28)/t14-/m1/s1. The van der Waals surface area contributed by atoms with Crippen molar-refractivity contribution in [2.45, 2.75) is 37.7 Å². The fraction of sp³-hybridized carbons (Fsp3) is 0.529. The summed E-state index contributed by atoms with van der Waals surface area (Å²) < 4.78 is 83.4. The van der Waals surface area contributed by atoms with Crippen molar-refractivity contribution >= 4 is 23.0 Å². The van der Waals surface area contributed by atoms with Crippen LogP contribution in [0.3, 0.4) is 0 Å². The second kappa shape index (κ2) is 8.96. The molecule has 1 aliphatic rings. The second-order valence-electron chi connectivity index (χ2n) is 6.21. The molecule has 1 saturated heterocycles. The van der Waals surface area contributed by atoms with Crippen molar-refractivity contribution in [3.63, 3.8) is 0 Å². The minimum atomic E-state index is -4.95. The molecular weight excluding hydrogens is 408 g/mol. The van der Waals surface area contributed by atoms with E-state index in [1.165, 1.54) is 4.90 Å². The molecule has 0 radical (unpaired) electrons. The van der Waals surface area contributed by atoms with Crippen molar-refractivity contribution in [3.8, 4) is 6.07 Å². The van der Waals surface area contributed by atoms with Gasteiger partial charge >= 0.3 is 12.4 Å². The average Bonchev–Trinajstić information content (AvgIpc) is 3.09. The molecule has 0 aromatic heterocycles. The molecule has 2 rings (SSSR count). The molecule has 154 valence electrons. The van der Waals surface area contributed by atoms with Crippen LogP contribution < -0.4 is 5.32 Å². The summed E-state index contributed by atoms with van der Waals surface area (Å²) in [5.74, 6) is 0. The predicted molar refractivity (Wildman–Crippen MR) is 93.4 cm³/mol. The molecule has 1 aromatic carbocycles. The molecule has 1 N–H and O–H groups in total. The lowest BCUT2D eigenvalue weighted by molar-refractivity contribution is -0.143. The lowest BCUT2D eigenvalue weighted by atomic mass is 10.1. The van der Waals surface area contributed by atoms with Gasteiger partial charge in [-0.1, -0.05) is 0 Å². The first-order chi connectivity index (χ1) is 13.0. The Bertz CT molecular complexity index is 706. The summed E-state index contributed by atoms with van der Waals surface area (Å²) >= 11 is 5.17. The fourth-order valence-electron chi connectivity index (χ4n) is 2.72. The number of nitrogens with zero attached hydrogens (tertiary/aromatic N) is 2. The molecule has 0 spiro atoms. The summed E-state index contributed by atoms with van der Waals surface area (Å²) in [6.45, 7) is 1.03. The number of ether oxygens (including phenoxy) is 1. The molecule has 4 nitrogen and oxygen atoms in total. The Morgan fingerprint density at radius 1 is 1.18 bits per heavy atom. The van der Waals surface area contributed by atoms with Crippen LogP contribution in [0.1, 0.15) is 30.4 Å². The van der Waals surface area contributed by atoms with Crippen LogP contribution in [0.5, 0.6) is 0 Å². The van der Waals surface area contributed by atoms with Gasteiger partial charge in [-0.25, -0.2) is 0 Å². The van der Waals surface area contributed by atoms with Gasteiger partial charge in [0, 0.05) is 25.4 Å². The van der Waals surface area contributed by atoms with Crippen LogP contribution in [0.4, 0.5) is 32.0 Å². The topological polar surface area (TPSA) is 48.3 Å². The molecule has 1 heterocycles. The van der Waals surface area contributed by atoms with Crippen molar-refractivity contribution in [2.24, 2.45) is 0 Å². The number of thiocarbonyl (C=S) groups is 1. The normalized spacial score (nSPS) is 17.2. The number of hydrogen-bond acceptors (Lipinski definition) is 3. The number of nitriles is 1. The van der Waals surface area contributed by atoms with Gasteiger partial charge in [-0.05, 0) is 43.3 Å².